The van der Waals surface area contributed by atoms with Crippen LogP contribution in [0.25, 0.3) is 0 Å². The van der Waals surface area contributed by atoms with Crippen molar-refractivity contribution in [3.05, 3.63) is 0 Å². The zero-order valence-corrected chi connectivity index (χ0v) is 12.8. The smallest absolute Gasteiger partial charge is 0.407 e. The molecule has 0 aromatic rings. The Balaban J connectivity index is 2.51. The Hall–Kier alpha value is -1.30. The summed E-state index contributed by atoms with van der Waals surface area (Å²) in [6.45, 7) is 6.54. The van der Waals surface area contributed by atoms with E-state index in [1.165, 1.54) is 0 Å². The predicted octanol–water partition coefficient (Wildman–Crippen LogP) is 1.44. The van der Waals surface area contributed by atoms with Crippen LogP contribution in [0.4, 0.5) is 4.79 Å². The monoisotopic (exact) mass is 286 g/mol. The van der Waals surface area contributed by atoms with Gasteiger partial charge in [0.25, 0.3) is 0 Å². The van der Waals surface area contributed by atoms with Crippen LogP contribution >= 0.6 is 0 Å². The number of amides is 2. The molecule has 0 aromatic carbocycles. The molecule has 1 aliphatic rings. The first-order chi connectivity index (χ1) is 9.31. The molecule has 1 saturated heterocycles. The highest BCUT2D eigenvalue weighted by atomic mass is 16.6. The highest BCUT2D eigenvalue weighted by molar-refractivity contribution is 5.79. The molecular formula is C14H26N2O4. The van der Waals surface area contributed by atoms with Crippen molar-refractivity contribution in [2.24, 2.45) is 5.92 Å². The normalized spacial score (nSPS) is 21.0. The number of carbonyl (C=O) groups excluding carboxylic acids is 2. The fourth-order valence-corrected chi connectivity index (χ4v) is 2.25. The van der Waals surface area contributed by atoms with Crippen LogP contribution in [0.2, 0.25) is 0 Å². The highest BCUT2D eigenvalue weighted by Crippen LogP contribution is 2.18. The van der Waals surface area contributed by atoms with Gasteiger partial charge < -0.3 is 20.1 Å². The highest BCUT2D eigenvalue weighted by Gasteiger charge is 2.27. The number of hydrogen-bond donors (Lipinski definition) is 2. The number of ether oxygens (including phenoxy) is 2. The van der Waals surface area contributed by atoms with Crippen LogP contribution in [0.5, 0.6) is 0 Å². The number of nitrogens with one attached hydrogen (secondary N) is 2. The van der Waals surface area contributed by atoms with E-state index in [2.05, 4.69) is 10.6 Å². The van der Waals surface area contributed by atoms with Crippen molar-refractivity contribution >= 4 is 12.0 Å². The number of rotatable bonds is 5. The SMILES string of the molecule is COC[C@H](C[C@@H]1CCCNC1=O)NC(=O)OC(C)(C)C. The van der Waals surface area contributed by atoms with Crippen LogP contribution in [0.15, 0.2) is 0 Å². The second-order valence-electron chi connectivity index (χ2n) is 6.16. The van der Waals surface area contributed by atoms with E-state index in [0.29, 0.717) is 13.0 Å². The van der Waals surface area contributed by atoms with Gasteiger partial charge in [-0.1, -0.05) is 0 Å². The molecule has 2 atom stereocenters. The molecule has 116 valence electrons. The molecule has 0 saturated carbocycles. The summed E-state index contributed by atoms with van der Waals surface area (Å²) in [4.78, 5) is 23.5. The second-order valence-corrected chi connectivity index (χ2v) is 6.16. The topological polar surface area (TPSA) is 76.7 Å². The first-order valence-corrected chi connectivity index (χ1v) is 7.08. The number of carbonyl (C=O) groups is 2. The summed E-state index contributed by atoms with van der Waals surface area (Å²) < 4.78 is 10.3. The summed E-state index contributed by atoms with van der Waals surface area (Å²) in [5, 5.41) is 5.62. The van der Waals surface area contributed by atoms with Crippen molar-refractivity contribution in [1.29, 1.82) is 0 Å². The Labute approximate surface area is 120 Å². The Morgan fingerprint density at radius 3 is 2.75 bits per heavy atom. The van der Waals surface area contributed by atoms with Gasteiger partial charge in [-0.25, -0.2) is 4.79 Å². The fourth-order valence-electron chi connectivity index (χ4n) is 2.25. The van der Waals surface area contributed by atoms with Gasteiger partial charge in [0.05, 0.1) is 12.6 Å². The maximum Gasteiger partial charge on any atom is 0.407 e. The molecule has 0 radical (unpaired) electrons. The molecule has 0 unspecified atom stereocenters. The van der Waals surface area contributed by atoms with Crippen LogP contribution in [0, 0.1) is 5.92 Å². The van der Waals surface area contributed by atoms with Gasteiger partial charge in [0, 0.05) is 19.6 Å². The summed E-state index contributed by atoms with van der Waals surface area (Å²) in [5.41, 5.74) is -0.538. The predicted molar refractivity (Wildman–Crippen MR) is 75.4 cm³/mol. The molecule has 1 rings (SSSR count). The average molecular weight is 286 g/mol. The minimum Gasteiger partial charge on any atom is -0.444 e. The van der Waals surface area contributed by atoms with Crippen LogP contribution in [-0.2, 0) is 14.3 Å². The van der Waals surface area contributed by atoms with Crippen LogP contribution in [0.1, 0.15) is 40.0 Å². The molecule has 0 aromatic heterocycles. The Morgan fingerprint density at radius 2 is 2.20 bits per heavy atom. The van der Waals surface area contributed by atoms with E-state index in [0.717, 1.165) is 19.4 Å². The number of piperidine rings is 1. The molecule has 0 aliphatic carbocycles. The van der Waals surface area contributed by atoms with Crippen molar-refractivity contribution in [2.45, 2.75) is 51.7 Å². The Morgan fingerprint density at radius 1 is 1.50 bits per heavy atom. The summed E-state index contributed by atoms with van der Waals surface area (Å²) in [6, 6.07) is -0.219. The van der Waals surface area contributed by atoms with E-state index in [1.807, 2.05) is 20.8 Å². The van der Waals surface area contributed by atoms with E-state index in [-0.39, 0.29) is 17.9 Å². The number of methoxy groups -OCH3 is 1. The van der Waals surface area contributed by atoms with Crippen LogP contribution < -0.4 is 10.6 Å². The van der Waals surface area contributed by atoms with Gasteiger partial charge in [0.2, 0.25) is 5.91 Å². The molecule has 6 nitrogen and oxygen atoms in total. The van der Waals surface area contributed by atoms with Gasteiger partial charge in [-0.15, -0.1) is 0 Å². The first kappa shape index (κ1) is 16.8. The van der Waals surface area contributed by atoms with Gasteiger partial charge in [0.15, 0.2) is 0 Å². The molecule has 1 heterocycles. The minimum atomic E-state index is -0.538. The molecule has 1 fully saturated rings. The van der Waals surface area contributed by atoms with E-state index in [4.69, 9.17) is 9.47 Å². The summed E-state index contributed by atoms with van der Waals surface area (Å²) in [5.74, 6) is -0.0119. The Kier molecular flexibility index (Phi) is 6.26. The Bertz CT molecular complexity index is 339. The van der Waals surface area contributed by atoms with Crippen LogP contribution in [0.3, 0.4) is 0 Å². The van der Waals surface area contributed by atoms with Crippen molar-refractivity contribution in [3.63, 3.8) is 0 Å². The number of alkyl carbamates (subject to hydrolysis) is 1. The zero-order chi connectivity index (χ0) is 15.2. The molecule has 2 N–H and O–H groups in total. The third kappa shape index (κ3) is 6.23. The lowest BCUT2D eigenvalue weighted by molar-refractivity contribution is -0.127. The maximum atomic E-state index is 11.8. The molecule has 1 aliphatic heterocycles. The van der Waals surface area contributed by atoms with Gasteiger partial charge in [-0.2, -0.15) is 0 Å². The summed E-state index contributed by atoms with van der Waals surface area (Å²) in [7, 11) is 1.57. The lowest BCUT2D eigenvalue weighted by Crippen LogP contribution is -2.45. The first-order valence-electron chi connectivity index (χ1n) is 7.08. The van der Waals surface area contributed by atoms with Crippen molar-refractivity contribution in [1.82, 2.24) is 10.6 Å². The van der Waals surface area contributed by atoms with E-state index >= 15 is 0 Å². The standard InChI is InChI=1S/C14H26N2O4/c1-14(2,3)20-13(18)16-11(9-19-4)8-10-6-5-7-15-12(10)17/h10-11H,5-9H2,1-4H3,(H,15,17)(H,16,18)/t10-,11-/m0/s1. The molecule has 6 heteroatoms. The fraction of sp³-hybridized carbons (Fsp3) is 0.857. The second kappa shape index (κ2) is 7.47. The molecular weight excluding hydrogens is 260 g/mol. The van der Waals surface area contributed by atoms with Gasteiger partial charge in [-0.05, 0) is 40.0 Å². The lowest BCUT2D eigenvalue weighted by Gasteiger charge is -2.27. The van der Waals surface area contributed by atoms with Crippen molar-refractivity contribution in [2.75, 3.05) is 20.3 Å². The molecule has 20 heavy (non-hydrogen) atoms. The van der Waals surface area contributed by atoms with Crippen molar-refractivity contribution in [3.8, 4) is 0 Å². The lowest BCUT2D eigenvalue weighted by atomic mass is 9.92. The number of hydrogen-bond acceptors (Lipinski definition) is 4. The molecule has 0 bridgehead atoms. The average Bonchev–Trinajstić information content (AvgIpc) is 2.29. The van der Waals surface area contributed by atoms with E-state index in [1.54, 1.807) is 7.11 Å². The minimum absolute atomic E-state index is 0.0586. The van der Waals surface area contributed by atoms with Gasteiger partial charge in [-0.3, -0.25) is 4.79 Å². The third-order valence-corrected chi connectivity index (χ3v) is 3.06. The summed E-state index contributed by atoms with van der Waals surface area (Å²) in [6.07, 6.45) is 1.92. The molecule has 0 spiro atoms. The zero-order valence-electron chi connectivity index (χ0n) is 12.8. The summed E-state index contributed by atoms with van der Waals surface area (Å²) >= 11 is 0. The van der Waals surface area contributed by atoms with E-state index in [9.17, 15) is 9.59 Å². The van der Waals surface area contributed by atoms with Gasteiger partial charge >= 0.3 is 6.09 Å². The molecule has 2 amide bonds. The maximum absolute atomic E-state index is 11.8. The van der Waals surface area contributed by atoms with Crippen molar-refractivity contribution < 1.29 is 19.1 Å². The quantitative estimate of drug-likeness (QED) is 0.802. The van der Waals surface area contributed by atoms with Crippen LogP contribution in [-0.4, -0.2) is 43.9 Å². The van der Waals surface area contributed by atoms with Gasteiger partial charge in [0.1, 0.15) is 5.60 Å². The largest absolute Gasteiger partial charge is 0.444 e. The van der Waals surface area contributed by atoms with E-state index < -0.39 is 11.7 Å². The third-order valence-electron chi connectivity index (χ3n) is 3.06.